The second-order valence-corrected chi connectivity index (χ2v) is 3.50. The van der Waals surface area contributed by atoms with Crippen LogP contribution in [-0.4, -0.2) is 24.2 Å². The number of rotatable bonds is 0. The maximum absolute atomic E-state index is 12.5. The first-order valence-electron chi connectivity index (χ1n) is 4.00. The Morgan fingerprint density at radius 3 is 2.82 bits per heavy atom. The molecule has 1 aliphatic carbocycles. The van der Waals surface area contributed by atoms with Crippen LogP contribution in [0.2, 0.25) is 0 Å². The Morgan fingerprint density at radius 2 is 2.27 bits per heavy atom. The molecule has 3 heteroatoms. The minimum atomic E-state index is -0.735. The summed E-state index contributed by atoms with van der Waals surface area (Å²) in [5, 5.41) is 0. The summed E-state index contributed by atoms with van der Waals surface area (Å²) >= 11 is 0. The van der Waals surface area contributed by atoms with E-state index >= 15 is 0 Å². The molecule has 1 aliphatic heterocycles. The zero-order valence-corrected chi connectivity index (χ0v) is 6.31. The highest BCUT2D eigenvalue weighted by molar-refractivity contribution is 5.80. The van der Waals surface area contributed by atoms with Crippen LogP contribution in [0.5, 0.6) is 0 Å². The Morgan fingerprint density at radius 1 is 1.55 bits per heavy atom. The van der Waals surface area contributed by atoms with Crippen molar-refractivity contribution in [2.24, 2.45) is 0 Å². The maximum atomic E-state index is 12.5. The van der Waals surface area contributed by atoms with Crippen molar-refractivity contribution in [1.82, 2.24) is 0 Å². The molecule has 62 valence electrons. The highest BCUT2D eigenvalue weighted by Gasteiger charge is 2.48. The van der Waals surface area contributed by atoms with Crippen LogP contribution in [0.4, 0.5) is 4.39 Å². The number of carbonyl (C=O) groups is 1. The van der Waals surface area contributed by atoms with E-state index in [1.54, 1.807) is 0 Å². The average Bonchev–Trinajstić information content (AvgIpc) is 1.84. The van der Waals surface area contributed by atoms with E-state index in [4.69, 9.17) is 4.74 Å². The van der Waals surface area contributed by atoms with E-state index < -0.39 is 6.17 Å². The van der Waals surface area contributed by atoms with Crippen LogP contribution in [0.1, 0.15) is 25.7 Å². The average molecular weight is 158 g/mol. The number of halogens is 1. The summed E-state index contributed by atoms with van der Waals surface area (Å²) < 4.78 is 17.9. The molecule has 2 aliphatic rings. The fraction of sp³-hybridized carbons (Fsp3) is 0.875. The molecule has 0 amide bonds. The molecule has 1 heterocycles. The van der Waals surface area contributed by atoms with Gasteiger partial charge in [-0.1, -0.05) is 0 Å². The maximum Gasteiger partial charge on any atom is 0.138 e. The summed E-state index contributed by atoms with van der Waals surface area (Å²) in [5.41, 5.74) is -0.380. The lowest BCUT2D eigenvalue weighted by Crippen LogP contribution is -2.51. The van der Waals surface area contributed by atoms with E-state index in [0.29, 0.717) is 32.3 Å². The molecule has 0 aromatic heterocycles. The molecule has 0 bridgehead atoms. The van der Waals surface area contributed by atoms with E-state index in [0.717, 1.165) is 0 Å². The fourth-order valence-electron chi connectivity index (χ4n) is 1.89. The highest BCUT2D eigenvalue weighted by atomic mass is 19.1. The molecule has 0 N–H and O–H groups in total. The van der Waals surface area contributed by atoms with Gasteiger partial charge in [0.2, 0.25) is 0 Å². The quantitative estimate of drug-likeness (QED) is 0.530. The van der Waals surface area contributed by atoms with Gasteiger partial charge in [0.25, 0.3) is 0 Å². The van der Waals surface area contributed by atoms with Gasteiger partial charge >= 0.3 is 0 Å². The third kappa shape index (κ3) is 1.18. The number of hydrogen-bond donors (Lipinski definition) is 0. The molecular formula is C8H11FO2. The van der Waals surface area contributed by atoms with Crippen molar-refractivity contribution in [2.75, 3.05) is 6.61 Å². The number of alkyl halides is 1. The molecule has 1 saturated heterocycles. The minimum absolute atomic E-state index is 0.225. The van der Waals surface area contributed by atoms with Gasteiger partial charge in [-0.3, -0.25) is 4.79 Å². The summed E-state index contributed by atoms with van der Waals surface area (Å²) in [7, 11) is 0. The van der Waals surface area contributed by atoms with Gasteiger partial charge in [-0.25, -0.2) is 4.39 Å². The highest BCUT2D eigenvalue weighted by Crippen LogP contribution is 2.42. The number of Topliss-reactive ketones (excluding diaryl/α,β-unsaturated/α-hetero) is 1. The summed E-state index contributed by atoms with van der Waals surface area (Å²) in [4.78, 5) is 11.0. The zero-order chi connectivity index (χ0) is 7.90. The first-order chi connectivity index (χ1) is 5.20. The fourth-order valence-corrected chi connectivity index (χ4v) is 1.89. The SMILES string of the molecule is O=C1CCOC2(C1)CC(F)C2. The Kier molecular flexibility index (Phi) is 1.49. The van der Waals surface area contributed by atoms with Gasteiger partial charge in [0.1, 0.15) is 12.0 Å². The van der Waals surface area contributed by atoms with Gasteiger partial charge in [0, 0.05) is 25.7 Å². The predicted octanol–water partition coefficient (Wildman–Crippen LogP) is 1.24. The number of hydrogen-bond acceptors (Lipinski definition) is 2. The van der Waals surface area contributed by atoms with Gasteiger partial charge in [-0.2, -0.15) is 0 Å². The third-order valence-electron chi connectivity index (χ3n) is 2.50. The van der Waals surface area contributed by atoms with Crippen molar-refractivity contribution in [2.45, 2.75) is 37.5 Å². The van der Waals surface area contributed by atoms with Gasteiger partial charge in [-0.15, -0.1) is 0 Å². The van der Waals surface area contributed by atoms with Gasteiger partial charge in [-0.05, 0) is 0 Å². The Balaban J connectivity index is 1.98. The molecule has 0 unspecified atom stereocenters. The summed E-state index contributed by atoms with van der Waals surface area (Å²) in [5.74, 6) is 0.225. The van der Waals surface area contributed by atoms with E-state index in [-0.39, 0.29) is 11.4 Å². The van der Waals surface area contributed by atoms with E-state index in [2.05, 4.69) is 0 Å². The summed E-state index contributed by atoms with van der Waals surface area (Å²) in [6, 6.07) is 0. The molecule has 0 atom stereocenters. The van der Waals surface area contributed by atoms with Crippen LogP contribution in [0, 0.1) is 0 Å². The first kappa shape index (κ1) is 7.22. The normalized spacial score (nSPS) is 44.1. The molecule has 2 rings (SSSR count). The van der Waals surface area contributed by atoms with Crippen molar-refractivity contribution in [3.63, 3.8) is 0 Å². The van der Waals surface area contributed by atoms with Crippen molar-refractivity contribution < 1.29 is 13.9 Å². The summed E-state index contributed by atoms with van der Waals surface area (Å²) in [6.07, 6.45) is 1.07. The van der Waals surface area contributed by atoms with Crippen molar-refractivity contribution in [3.05, 3.63) is 0 Å². The second kappa shape index (κ2) is 2.27. The monoisotopic (exact) mass is 158 g/mol. The first-order valence-corrected chi connectivity index (χ1v) is 4.00. The van der Waals surface area contributed by atoms with Crippen LogP contribution in [-0.2, 0) is 9.53 Å². The molecule has 0 radical (unpaired) electrons. The van der Waals surface area contributed by atoms with Gasteiger partial charge in [0.05, 0.1) is 12.2 Å². The van der Waals surface area contributed by atoms with Crippen LogP contribution >= 0.6 is 0 Å². The van der Waals surface area contributed by atoms with E-state index in [9.17, 15) is 9.18 Å². The Labute approximate surface area is 64.7 Å². The van der Waals surface area contributed by atoms with Gasteiger partial charge < -0.3 is 4.74 Å². The standard InChI is InChI=1S/C8H11FO2/c9-6-3-8(4-6)5-7(10)1-2-11-8/h6H,1-5H2. The molecule has 0 aromatic rings. The van der Waals surface area contributed by atoms with Crippen LogP contribution in [0.15, 0.2) is 0 Å². The lowest BCUT2D eigenvalue weighted by Gasteiger charge is -2.45. The largest absolute Gasteiger partial charge is 0.374 e. The minimum Gasteiger partial charge on any atom is -0.374 e. The van der Waals surface area contributed by atoms with Crippen molar-refractivity contribution >= 4 is 5.78 Å². The van der Waals surface area contributed by atoms with Crippen molar-refractivity contribution in [1.29, 1.82) is 0 Å². The number of ketones is 1. The second-order valence-electron chi connectivity index (χ2n) is 3.50. The molecule has 0 aromatic carbocycles. The van der Waals surface area contributed by atoms with E-state index in [1.807, 2.05) is 0 Å². The number of carbonyl (C=O) groups excluding carboxylic acids is 1. The van der Waals surface area contributed by atoms with E-state index in [1.165, 1.54) is 0 Å². The third-order valence-corrected chi connectivity index (χ3v) is 2.50. The zero-order valence-electron chi connectivity index (χ0n) is 6.31. The topological polar surface area (TPSA) is 26.3 Å². The molecule has 11 heavy (non-hydrogen) atoms. The summed E-state index contributed by atoms with van der Waals surface area (Å²) in [6.45, 7) is 0.492. The smallest absolute Gasteiger partial charge is 0.138 e. The van der Waals surface area contributed by atoms with Crippen molar-refractivity contribution in [3.8, 4) is 0 Å². The predicted molar refractivity (Wildman–Crippen MR) is 37.1 cm³/mol. The van der Waals surface area contributed by atoms with Gasteiger partial charge in [0.15, 0.2) is 0 Å². The Bertz CT molecular complexity index is 179. The van der Waals surface area contributed by atoms with Crippen LogP contribution in [0.25, 0.3) is 0 Å². The Hall–Kier alpha value is -0.440. The van der Waals surface area contributed by atoms with Crippen LogP contribution < -0.4 is 0 Å². The number of ether oxygens (including phenoxy) is 1. The molecule has 2 fully saturated rings. The lowest BCUT2D eigenvalue weighted by atomic mass is 9.73. The lowest BCUT2D eigenvalue weighted by molar-refractivity contribution is -0.168. The molecule has 2 nitrogen and oxygen atoms in total. The van der Waals surface area contributed by atoms with Crippen LogP contribution in [0.3, 0.4) is 0 Å². The molecule has 1 spiro atoms. The molecular weight excluding hydrogens is 147 g/mol. The molecule has 1 saturated carbocycles.